The SMILES string of the molecule is CCCCn1c(OC)c(N=Nc2ccc(C)cc2)c(C)c(C#N)c1=O.O.[Cu]. The average Bonchev–Trinajstić information content (AvgIpc) is 2.61. The number of nitriles is 1. The summed E-state index contributed by atoms with van der Waals surface area (Å²) in [6.45, 7) is 6.20. The van der Waals surface area contributed by atoms with Crippen molar-refractivity contribution >= 4 is 11.4 Å². The summed E-state index contributed by atoms with van der Waals surface area (Å²) in [6.07, 6.45) is 1.73. The molecule has 2 rings (SSSR count). The molecule has 1 aromatic carbocycles. The van der Waals surface area contributed by atoms with E-state index in [0.29, 0.717) is 29.4 Å². The summed E-state index contributed by atoms with van der Waals surface area (Å²) in [6, 6.07) is 9.60. The van der Waals surface area contributed by atoms with Gasteiger partial charge in [0.25, 0.3) is 5.56 Å². The van der Waals surface area contributed by atoms with Gasteiger partial charge in [-0.2, -0.15) is 10.4 Å². The van der Waals surface area contributed by atoms with Gasteiger partial charge in [0.2, 0.25) is 5.88 Å². The van der Waals surface area contributed by atoms with Crippen LogP contribution in [0.3, 0.4) is 0 Å². The minimum atomic E-state index is -0.348. The van der Waals surface area contributed by atoms with Gasteiger partial charge in [-0.15, -0.1) is 5.11 Å². The number of aryl methyl sites for hydroxylation is 1. The van der Waals surface area contributed by atoms with Crippen LogP contribution in [0, 0.1) is 25.2 Å². The summed E-state index contributed by atoms with van der Waals surface area (Å²) in [4.78, 5) is 12.6. The molecular formula is C19H24CuN4O3. The second kappa shape index (κ2) is 11.3. The molecule has 0 amide bonds. The maximum absolute atomic E-state index is 12.6. The monoisotopic (exact) mass is 419 g/mol. The van der Waals surface area contributed by atoms with Gasteiger partial charge in [-0.1, -0.05) is 31.0 Å². The Kier molecular flexibility index (Phi) is 10.3. The number of unbranched alkanes of at least 4 members (excludes halogenated alkanes) is 1. The molecule has 1 radical (unpaired) electrons. The van der Waals surface area contributed by atoms with Crippen molar-refractivity contribution in [2.45, 2.75) is 40.2 Å². The molecule has 7 nitrogen and oxygen atoms in total. The number of methoxy groups -OCH3 is 1. The molecule has 0 saturated heterocycles. The van der Waals surface area contributed by atoms with Crippen molar-refractivity contribution in [1.29, 1.82) is 5.26 Å². The van der Waals surface area contributed by atoms with Crippen LogP contribution >= 0.6 is 0 Å². The van der Waals surface area contributed by atoms with E-state index in [4.69, 9.17) is 4.74 Å². The largest absolute Gasteiger partial charge is 0.481 e. The van der Waals surface area contributed by atoms with Gasteiger partial charge >= 0.3 is 0 Å². The summed E-state index contributed by atoms with van der Waals surface area (Å²) in [5.74, 6) is 0.339. The van der Waals surface area contributed by atoms with E-state index in [0.717, 1.165) is 18.4 Å². The molecule has 0 spiro atoms. The predicted molar refractivity (Wildman–Crippen MR) is 101 cm³/mol. The van der Waals surface area contributed by atoms with Gasteiger partial charge in [0.05, 0.1) is 12.8 Å². The summed E-state index contributed by atoms with van der Waals surface area (Å²) >= 11 is 0. The smallest absolute Gasteiger partial charge is 0.271 e. The minimum absolute atomic E-state index is 0. The molecule has 0 bridgehead atoms. The van der Waals surface area contributed by atoms with E-state index in [1.54, 1.807) is 6.92 Å². The van der Waals surface area contributed by atoms with Crippen LogP contribution in [0.25, 0.3) is 0 Å². The van der Waals surface area contributed by atoms with Gasteiger partial charge in [-0.05, 0) is 32.4 Å². The fourth-order valence-corrected chi connectivity index (χ4v) is 2.49. The van der Waals surface area contributed by atoms with Crippen molar-refractivity contribution in [2.24, 2.45) is 10.2 Å². The summed E-state index contributed by atoms with van der Waals surface area (Å²) in [5, 5.41) is 17.9. The third-order valence-electron chi connectivity index (χ3n) is 3.98. The topological polar surface area (TPSA) is 111 Å². The molecule has 2 N–H and O–H groups in total. The third-order valence-corrected chi connectivity index (χ3v) is 3.98. The molecule has 27 heavy (non-hydrogen) atoms. The van der Waals surface area contributed by atoms with E-state index in [1.807, 2.05) is 44.2 Å². The predicted octanol–water partition coefficient (Wildman–Crippen LogP) is 3.73. The fraction of sp³-hybridized carbons (Fsp3) is 0.368. The van der Waals surface area contributed by atoms with Crippen LogP contribution in [0.1, 0.15) is 36.5 Å². The summed E-state index contributed by atoms with van der Waals surface area (Å²) in [5.41, 5.74) is 2.45. The Labute approximate surface area is 169 Å². The van der Waals surface area contributed by atoms with E-state index < -0.39 is 0 Å². The van der Waals surface area contributed by atoms with Crippen LogP contribution < -0.4 is 10.3 Å². The molecule has 8 heteroatoms. The number of pyridine rings is 1. The van der Waals surface area contributed by atoms with Crippen LogP contribution in [0.15, 0.2) is 39.3 Å². The second-order valence-electron chi connectivity index (χ2n) is 5.82. The molecule has 2 aromatic rings. The Morgan fingerprint density at radius 1 is 1.19 bits per heavy atom. The normalized spacial score (nSPS) is 10.0. The van der Waals surface area contributed by atoms with Crippen molar-refractivity contribution in [2.75, 3.05) is 7.11 Å². The summed E-state index contributed by atoms with van der Waals surface area (Å²) in [7, 11) is 1.49. The number of hydrogen-bond donors (Lipinski definition) is 0. The van der Waals surface area contributed by atoms with Crippen LogP contribution in [-0.4, -0.2) is 17.2 Å². The molecule has 1 aromatic heterocycles. The Morgan fingerprint density at radius 2 is 1.81 bits per heavy atom. The van der Waals surface area contributed by atoms with E-state index in [9.17, 15) is 10.1 Å². The molecule has 0 atom stereocenters. The zero-order valence-electron chi connectivity index (χ0n) is 15.8. The van der Waals surface area contributed by atoms with Crippen molar-refractivity contribution in [3.63, 3.8) is 0 Å². The standard InChI is InChI=1S/C19H22N4O2.Cu.H2O/c1-5-6-11-23-18(24)16(12-20)14(3)17(19(23)25-4)22-21-15-9-7-13(2)8-10-15;;/h7-10H,5-6,11H2,1-4H3;;1H2. The van der Waals surface area contributed by atoms with Crippen LogP contribution in [0.5, 0.6) is 5.88 Å². The van der Waals surface area contributed by atoms with Gasteiger partial charge in [0.1, 0.15) is 11.6 Å². The van der Waals surface area contributed by atoms with Crippen molar-refractivity contribution in [1.82, 2.24) is 4.57 Å². The maximum Gasteiger partial charge on any atom is 0.271 e. The Morgan fingerprint density at radius 3 is 2.33 bits per heavy atom. The average molecular weight is 420 g/mol. The molecule has 1 heterocycles. The van der Waals surface area contributed by atoms with E-state index >= 15 is 0 Å². The molecule has 0 fully saturated rings. The van der Waals surface area contributed by atoms with Crippen molar-refractivity contribution < 1.29 is 27.3 Å². The molecule has 149 valence electrons. The number of benzene rings is 1. The van der Waals surface area contributed by atoms with Crippen LogP contribution in [0.4, 0.5) is 11.4 Å². The first-order chi connectivity index (χ1) is 12.0. The van der Waals surface area contributed by atoms with Gasteiger partial charge in [0.15, 0.2) is 5.69 Å². The molecular weight excluding hydrogens is 396 g/mol. The molecule has 0 aliphatic rings. The zero-order chi connectivity index (χ0) is 18.4. The van der Waals surface area contributed by atoms with Gasteiger partial charge in [-0.3, -0.25) is 9.36 Å². The molecule has 0 aliphatic heterocycles. The number of nitrogens with zero attached hydrogens (tertiary/aromatic N) is 4. The quantitative estimate of drug-likeness (QED) is 0.525. The second-order valence-corrected chi connectivity index (χ2v) is 5.82. The Hall–Kier alpha value is -2.46. The first-order valence-electron chi connectivity index (χ1n) is 8.23. The van der Waals surface area contributed by atoms with Crippen LogP contribution in [-0.2, 0) is 23.6 Å². The Bertz CT molecular complexity index is 884. The summed E-state index contributed by atoms with van der Waals surface area (Å²) < 4.78 is 6.91. The number of ether oxygens (including phenoxy) is 1. The first-order valence-corrected chi connectivity index (χ1v) is 8.23. The van der Waals surface area contributed by atoms with Gasteiger partial charge in [-0.25, -0.2) is 0 Å². The van der Waals surface area contributed by atoms with E-state index in [-0.39, 0.29) is 33.7 Å². The minimum Gasteiger partial charge on any atom is -0.481 e. The first kappa shape index (κ1) is 24.5. The fourth-order valence-electron chi connectivity index (χ4n) is 2.49. The number of aromatic nitrogens is 1. The number of azo groups is 1. The van der Waals surface area contributed by atoms with Crippen LogP contribution in [0.2, 0.25) is 0 Å². The number of rotatable bonds is 6. The molecule has 0 saturated carbocycles. The number of hydrogen-bond acceptors (Lipinski definition) is 5. The maximum atomic E-state index is 12.6. The van der Waals surface area contributed by atoms with Gasteiger partial charge < -0.3 is 10.2 Å². The van der Waals surface area contributed by atoms with E-state index in [1.165, 1.54) is 11.7 Å². The third kappa shape index (κ3) is 5.51. The van der Waals surface area contributed by atoms with Crippen molar-refractivity contribution in [3.8, 4) is 11.9 Å². The Balaban J connectivity index is 0.00000338. The van der Waals surface area contributed by atoms with Gasteiger partial charge in [0, 0.05) is 29.2 Å². The molecule has 0 unspecified atom stereocenters. The van der Waals surface area contributed by atoms with Crippen molar-refractivity contribution in [3.05, 3.63) is 51.3 Å². The zero-order valence-corrected chi connectivity index (χ0v) is 16.8. The van der Waals surface area contributed by atoms with E-state index in [2.05, 4.69) is 10.2 Å². The molecule has 0 aliphatic carbocycles.